The zero-order chi connectivity index (χ0) is 14.9. The fourth-order valence-electron chi connectivity index (χ4n) is 3.36. The molecule has 2 atom stereocenters. The third-order valence-electron chi connectivity index (χ3n) is 4.68. The lowest BCUT2D eigenvalue weighted by atomic mass is 9.75. The lowest BCUT2D eigenvalue weighted by Crippen LogP contribution is -2.52. The first kappa shape index (κ1) is 14.2. The molecule has 1 aliphatic rings. The van der Waals surface area contributed by atoms with Crippen LogP contribution in [0.2, 0.25) is 0 Å². The van der Waals surface area contributed by atoms with Crippen molar-refractivity contribution in [3.63, 3.8) is 0 Å². The molecule has 1 saturated carbocycles. The molecule has 2 aromatic heterocycles. The van der Waals surface area contributed by atoms with Crippen molar-refractivity contribution >= 4 is 11.5 Å². The van der Waals surface area contributed by atoms with Crippen LogP contribution in [0.5, 0.6) is 0 Å². The first-order chi connectivity index (χ1) is 10.1. The Bertz CT molecular complexity index is 608. The van der Waals surface area contributed by atoms with Crippen LogP contribution in [-0.4, -0.2) is 56.3 Å². The van der Waals surface area contributed by atoms with E-state index in [1.165, 1.54) is 30.3 Å². The van der Waals surface area contributed by atoms with Gasteiger partial charge in [-0.25, -0.2) is 0 Å². The van der Waals surface area contributed by atoms with Gasteiger partial charge in [0.25, 0.3) is 0 Å². The predicted molar refractivity (Wildman–Crippen MR) is 81.1 cm³/mol. The topological polar surface area (TPSA) is 71.2 Å². The molecule has 0 bridgehead atoms. The van der Waals surface area contributed by atoms with Crippen LogP contribution in [0.4, 0.5) is 5.82 Å². The summed E-state index contributed by atoms with van der Waals surface area (Å²) in [6, 6.07) is 3.81. The number of anilines is 1. The highest BCUT2D eigenvalue weighted by atomic mass is 15.6. The molecule has 114 valence electrons. The van der Waals surface area contributed by atoms with Gasteiger partial charge in [0.15, 0.2) is 5.65 Å². The average molecular weight is 289 g/mol. The van der Waals surface area contributed by atoms with Gasteiger partial charge in [0.05, 0.1) is 0 Å². The minimum Gasteiger partial charge on any atom is -0.367 e. The Morgan fingerprint density at radius 2 is 2.29 bits per heavy atom. The molecule has 1 fully saturated rings. The summed E-state index contributed by atoms with van der Waals surface area (Å²) >= 11 is 0. The van der Waals surface area contributed by atoms with Gasteiger partial charge in [-0.2, -0.15) is 0 Å². The molecule has 7 heteroatoms. The van der Waals surface area contributed by atoms with Crippen LogP contribution in [0.25, 0.3) is 5.65 Å². The maximum absolute atomic E-state index is 4.38. The molecule has 21 heavy (non-hydrogen) atoms. The van der Waals surface area contributed by atoms with Crippen molar-refractivity contribution in [2.24, 2.45) is 5.92 Å². The quantitative estimate of drug-likeness (QED) is 0.918. The maximum Gasteiger partial charge on any atom is 0.200 e. The van der Waals surface area contributed by atoms with Crippen LogP contribution in [0, 0.1) is 5.92 Å². The Morgan fingerprint density at radius 3 is 3.05 bits per heavy atom. The Kier molecular flexibility index (Phi) is 3.75. The van der Waals surface area contributed by atoms with E-state index in [1.54, 1.807) is 0 Å². The molecule has 3 rings (SSSR count). The van der Waals surface area contributed by atoms with Gasteiger partial charge in [0.2, 0.25) is 0 Å². The summed E-state index contributed by atoms with van der Waals surface area (Å²) in [6.45, 7) is 3.24. The van der Waals surface area contributed by atoms with Gasteiger partial charge in [0.1, 0.15) is 5.82 Å². The smallest absolute Gasteiger partial charge is 0.200 e. The van der Waals surface area contributed by atoms with Crippen molar-refractivity contribution in [3.8, 4) is 0 Å². The van der Waals surface area contributed by atoms with E-state index in [0.717, 1.165) is 18.3 Å². The second kappa shape index (κ2) is 5.55. The molecule has 1 N–H and O–H groups in total. The van der Waals surface area contributed by atoms with E-state index in [9.17, 15) is 0 Å². The second-order valence-corrected chi connectivity index (χ2v) is 6.42. The third-order valence-corrected chi connectivity index (χ3v) is 4.68. The average Bonchev–Trinajstić information content (AvgIpc) is 2.92. The number of fused-ring (bicyclic) bond motifs is 1. The number of nitrogens with one attached hydrogen (secondary N) is 1. The van der Waals surface area contributed by atoms with Gasteiger partial charge in [-0.3, -0.25) is 0 Å². The second-order valence-electron chi connectivity index (χ2n) is 6.42. The molecule has 7 nitrogen and oxygen atoms in total. The fraction of sp³-hybridized carbons (Fsp3) is 0.714. The summed E-state index contributed by atoms with van der Waals surface area (Å²) in [5.74, 6) is 1.59. The number of nitrogens with zero attached hydrogens (tertiary/aromatic N) is 6. The highest BCUT2D eigenvalue weighted by Gasteiger charge is 2.36. The van der Waals surface area contributed by atoms with Crippen LogP contribution in [0.3, 0.4) is 0 Å². The van der Waals surface area contributed by atoms with E-state index in [1.807, 2.05) is 12.1 Å². The van der Waals surface area contributed by atoms with Gasteiger partial charge >= 0.3 is 0 Å². The standard InChI is InChI=1S/C14H23N7/c1-11-5-4-8-14(9-11,20(2)3)10-15-12-6-7-13-16-18-19-21(13)17-12/h6-7,11H,4-5,8-10H2,1-3H3,(H,15,17)/t11-,14-/m0/s1. The van der Waals surface area contributed by atoms with E-state index in [-0.39, 0.29) is 5.54 Å². The minimum absolute atomic E-state index is 0.203. The van der Waals surface area contributed by atoms with Crippen molar-refractivity contribution in [2.75, 3.05) is 26.0 Å². The molecule has 2 aromatic rings. The van der Waals surface area contributed by atoms with Crippen LogP contribution in [0.1, 0.15) is 32.6 Å². The summed E-state index contributed by atoms with van der Waals surface area (Å²) in [6.07, 6.45) is 5.08. The first-order valence-corrected chi connectivity index (χ1v) is 7.56. The molecular weight excluding hydrogens is 266 g/mol. The molecule has 0 saturated heterocycles. The molecule has 0 aliphatic heterocycles. The highest BCUT2D eigenvalue weighted by molar-refractivity contribution is 5.42. The number of likely N-dealkylation sites (N-methyl/N-ethyl adjacent to an activating group) is 1. The van der Waals surface area contributed by atoms with Crippen molar-refractivity contribution in [1.29, 1.82) is 0 Å². The normalized spacial score (nSPS) is 26.4. The van der Waals surface area contributed by atoms with Crippen molar-refractivity contribution < 1.29 is 0 Å². The van der Waals surface area contributed by atoms with Crippen LogP contribution in [-0.2, 0) is 0 Å². The van der Waals surface area contributed by atoms with Gasteiger partial charge in [-0.05, 0) is 55.4 Å². The first-order valence-electron chi connectivity index (χ1n) is 7.56. The summed E-state index contributed by atoms with van der Waals surface area (Å²) in [4.78, 5) is 2.37. The molecule has 0 spiro atoms. The zero-order valence-electron chi connectivity index (χ0n) is 13.0. The van der Waals surface area contributed by atoms with Crippen molar-refractivity contribution in [3.05, 3.63) is 12.1 Å². The number of hydrogen-bond donors (Lipinski definition) is 1. The summed E-state index contributed by atoms with van der Waals surface area (Å²) in [5.41, 5.74) is 0.865. The number of hydrogen-bond acceptors (Lipinski definition) is 6. The third kappa shape index (κ3) is 2.83. The van der Waals surface area contributed by atoms with Gasteiger partial charge in [0, 0.05) is 12.1 Å². The predicted octanol–water partition coefficient (Wildman–Crippen LogP) is 1.44. The number of rotatable bonds is 4. The Balaban J connectivity index is 1.74. The Labute approximate surface area is 124 Å². The van der Waals surface area contributed by atoms with Crippen LogP contribution < -0.4 is 5.32 Å². The van der Waals surface area contributed by atoms with Crippen molar-refractivity contribution in [2.45, 2.75) is 38.1 Å². The van der Waals surface area contributed by atoms with Crippen LogP contribution >= 0.6 is 0 Å². The fourth-order valence-corrected chi connectivity index (χ4v) is 3.36. The summed E-state index contributed by atoms with van der Waals surface area (Å²) in [5, 5.41) is 19.2. The van der Waals surface area contributed by atoms with Crippen LogP contribution in [0.15, 0.2) is 12.1 Å². The largest absolute Gasteiger partial charge is 0.367 e. The Morgan fingerprint density at radius 1 is 1.43 bits per heavy atom. The van der Waals surface area contributed by atoms with E-state index >= 15 is 0 Å². The SMILES string of the molecule is C[C@H]1CCC[C@](CNc2ccc3nnnn3n2)(N(C)C)C1. The van der Waals surface area contributed by atoms with E-state index in [4.69, 9.17) is 0 Å². The van der Waals surface area contributed by atoms with E-state index < -0.39 is 0 Å². The molecule has 0 radical (unpaired) electrons. The molecular formula is C14H23N7. The van der Waals surface area contributed by atoms with Crippen molar-refractivity contribution in [1.82, 2.24) is 30.2 Å². The molecule has 0 amide bonds. The highest BCUT2D eigenvalue weighted by Crippen LogP contribution is 2.35. The number of tetrazole rings is 1. The van der Waals surface area contributed by atoms with Gasteiger partial charge in [-0.1, -0.05) is 19.8 Å². The summed E-state index contributed by atoms with van der Waals surface area (Å²) in [7, 11) is 4.36. The maximum atomic E-state index is 4.38. The minimum atomic E-state index is 0.203. The lowest BCUT2D eigenvalue weighted by Gasteiger charge is -2.45. The molecule has 0 aromatic carbocycles. The molecule has 2 heterocycles. The van der Waals surface area contributed by atoms with Gasteiger partial charge < -0.3 is 10.2 Å². The molecule has 1 aliphatic carbocycles. The zero-order valence-corrected chi connectivity index (χ0v) is 13.0. The van der Waals surface area contributed by atoms with E-state index in [0.29, 0.717) is 5.65 Å². The van der Waals surface area contributed by atoms with E-state index in [2.05, 4.69) is 51.9 Å². The summed E-state index contributed by atoms with van der Waals surface area (Å²) < 4.78 is 1.45. The molecule has 0 unspecified atom stereocenters. The lowest BCUT2D eigenvalue weighted by molar-refractivity contribution is 0.0881. The monoisotopic (exact) mass is 289 g/mol. The van der Waals surface area contributed by atoms with Gasteiger partial charge in [-0.15, -0.1) is 14.8 Å². The number of aromatic nitrogens is 5. The Hall–Kier alpha value is -1.76.